The second kappa shape index (κ2) is 9.73. The van der Waals surface area contributed by atoms with Crippen LogP contribution in [0.5, 0.6) is 0 Å². The summed E-state index contributed by atoms with van der Waals surface area (Å²) in [5.74, 6) is -1.41. The van der Waals surface area contributed by atoms with Crippen molar-refractivity contribution < 1.29 is 19.1 Å². The Kier molecular flexibility index (Phi) is 6.32. The van der Waals surface area contributed by atoms with Gasteiger partial charge in [0.15, 0.2) is 5.65 Å². The van der Waals surface area contributed by atoms with Crippen molar-refractivity contribution in [2.75, 3.05) is 24.5 Å². The number of hydrogen-bond donors (Lipinski definition) is 1. The van der Waals surface area contributed by atoms with E-state index in [1.165, 1.54) is 11.6 Å². The van der Waals surface area contributed by atoms with Crippen molar-refractivity contribution in [2.45, 2.75) is 46.1 Å². The van der Waals surface area contributed by atoms with E-state index < -0.39 is 17.2 Å². The van der Waals surface area contributed by atoms with Crippen LogP contribution in [0.25, 0.3) is 16.9 Å². The normalized spacial score (nSPS) is 20.6. The third kappa shape index (κ3) is 4.29. The largest absolute Gasteiger partial charge is 0.481 e. The predicted octanol–water partition coefficient (Wildman–Crippen LogP) is 5.16. The van der Waals surface area contributed by atoms with E-state index >= 15 is 4.39 Å². The number of rotatable bonds is 5. The van der Waals surface area contributed by atoms with Crippen molar-refractivity contribution in [3.05, 3.63) is 82.9 Å². The summed E-state index contributed by atoms with van der Waals surface area (Å²) in [6, 6.07) is 16.6. The van der Waals surface area contributed by atoms with E-state index in [2.05, 4.69) is 22.2 Å². The molecule has 8 nitrogen and oxygen atoms in total. The SMILES string of the molecule is CCc1cc(C(=O)N2CCc3ccccc3C2C)nc2cc(-c3ccc(N4CCC(C)(C(=O)O)C4)cc3F)nn12. The maximum Gasteiger partial charge on any atom is 0.311 e. The van der Waals surface area contributed by atoms with Gasteiger partial charge in [-0.25, -0.2) is 13.9 Å². The first-order valence-corrected chi connectivity index (χ1v) is 13.8. The summed E-state index contributed by atoms with van der Waals surface area (Å²) < 4.78 is 17.1. The Morgan fingerprint density at radius 3 is 2.65 bits per heavy atom. The highest BCUT2D eigenvalue weighted by atomic mass is 19.1. The van der Waals surface area contributed by atoms with Gasteiger partial charge in [-0.15, -0.1) is 0 Å². The number of carboxylic acids is 1. The number of carboxylic acid groups (broad SMARTS) is 1. The third-order valence-corrected chi connectivity index (χ3v) is 8.52. The zero-order valence-electron chi connectivity index (χ0n) is 22.9. The van der Waals surface area contributed by atoms with Gasteiger partial charge in [-0.3, -0.25) is 9.59 Å². The summed E-state index contributed by atoms with van der Waals surface area (Å²) in [6.45, 7) is 7.26. The molecule has 2 aliphatic rings. The molecule has 1 fully saturated rings. The zero-order valence-corrected chi connectivity index (χ0v) is 22.9. The Labute approximate surface area is 232 Å². The molecule has 2 aromatic carbocycles. The average molecular weight is 542 g/mol. The monoisotopic (exact) mass is 541 g/mol. The molecule has 9 heteroatoms. The molecule has 6 rings (SSSR count). The lowest BCUT2D eigenvalue weighted by Crippen LogP contribution is -2.39. The highest BCUT2D eigenvalue weighted by Crippen LogP contribution is 2.35. The number of anilines is 1. The molecule has 40 heavy (non-hydrogen) atoms. The highest BCUT2D eigenvalue weighted by molar-refractivity contribution is 5.93. The van der Waals surface area contributed by atoms with Crippen LogP contribution < -0.4 is 4.90 Å². The van der Waals surface area contributed by atoms with Crippen LogP contribution in [0.15, 0.2) is 54.6 Å². The molecule has 1 amide bonds. The van der Waals surface area contributed by atoms with E-state index in [9.17, 15) is 14.7 Å². The van der Waals surface area contributed by atoms with Gasteiger partial charge in [-0.2, -0.15) is 5.10 Å². The fourth-order valence-electron chi connectivity index (χ4n) is 5.99. The predicted molar refractivity (Wildman–Crippen MR) is 150 cm³/mol. The second-order valence-corrected chi connectivity index (χ2v) is 11.1. The van der Waals surface area contributed by atoms with E-state index in [1.807, 2.05) is 35.8 Å². The van der Waals surface area contributed by atoms with Crippen LogP contribution in [-0.2, 0) is 17.6 Å². The fraction of sp³-hybridized carbons (Fsp3) is 0.355. The number of halogens is 1. The molecule has 1 N–H and O–H groups in total. The van der Waals surface area contributed by atoms with Crippen molar-refractivity contribution in [2.24, 2.45) is 5.41 Å². The van der Waals surface area contributed by atoms with Crippen molar-refractivity contribution in [1.82, 2.24) is 19.5 Å². The number of aliphatic carboxylic acids is 1. The molecule has 0 spiro atoms. The molecule has 0 bridgehead atoms. The minimum absolute atomic E-state index is 0.0578. The molecule has 2 atom stereocenters. The van der Waals surface area contributed by atoms with E-state index in [-0.39, 0.29) is 11.9 Å². The first-order valence-electron chi connectivity index (χ1n) is 13.8. The van der Waals surface area contributed by atoms with Gasteiger partial charge in [-0.05, 0) is 68.5 Å². The summed E-state index contributed by atoms with van der Waals surface area (Å²) in [4.78, 5) is 33.7. The van der Waals surface area contributed by atoms with E-state index in [0.717, 1.165) is 17.7 Å². The van der Waals surface area contributed by atoms with Crippen LogP contribution in [0.1, 0.15) is 60.5 Å². The quantitative estimate of drug-likeness (QED) is 0.376. The lowest BCUT2D eigenvalue weighted by Gasteiger charge is -2.35. The van der Waals surface area contributed by atoms with Gasteiger partial charge < -0.3 is 14.9 Å². The van der Waals surface area contributed by atoms with Gasteiger partial charge >= 0.3 is 5.97 Å². The van der Waals surface area contributed by atoms with Crippen LogP contribution in [0.4, 0.5) is 10.1 Å². The van der Waals surface area contributed by atoms with Gasteiger partial charge in [0.05, 0.1) is 17.2 Å². The molecule has 1 saturated heterocycles. The van der Waals surface area contributed by atoms with Gasteiger partial charge in [0.1, 0.15) is 11.5 Å². The molecule has 4 heterocycles. The van der Waals surface area contributed by atoms with Crippen molar-refractivity contribution >= 4 is 23.2 Å². The van der Waals surface area contributed by atoms with E-state index in [4.69, 9.17) is 0 Å². The minimum Gasteiger partial charge on any atom is -0.481 e. The summed E-state index contributed by atoms with van der Waals surface area (Å²) >= 11 is 0. The molecular weight excluding hydrogens is 509 g/mol. The molecular formula is C31H32FN5O3. The minimum atomic E-state index is -0.844. The Morgan fingerprint density at radius 2 is 1.93 bits per heavy atom. The number of carbonyl (C=O) groups is 2. The van der Waals surface area contributed by atoms with Crippen LogP contribution in [-0.4, -0.2) is 56.1 Å². The smallest absolute Gasteiger partial charge is 0.311 e. The number of amides is 1. The van der Waals surface area contributed by atoms with Crippen molar-refractivity contribution in [3.8, 4) is 11.3 Å². The number of aryl methyl sites for hydroxylation is 1. The Balaban J connectivity index is 1.30. The molecule has 2 aliphatic heterocycles. The lowest BCUT2D eigenvalue weighted by molar-refractivity contribution is -0.146. The first kappa shape index (κ1) is 26.0. The zero-order chi connectivity index (χ0) is 28.2. The summed E-state index contributed by atoms with van der Waals surface area (Å²) in [5, 5.41) is 14.2. The fourth-order valence-corrected chi connectivity index (χ4v) is 5.99. The summed E-state index contributed by atoms with van der Waals surface area (Å²) in [6.07, 6.45) is 1.93. The molecule has 206 valence electrons. The van der Waals surface area contributed by atoms with Crippen LogP contribution in [0.2, 0.25) is 0 Å². The van der Waals surface area contributed by atoms with E-state index in [1.54, 1.807) is 35.7 Å². The number of nitrogens with zero attached hydrogens (tertiary/aromatic N) is 5. The van der Waals surface area contributed by atoms with Crippen LogP contribution in [0.3, 0.4) is 0 Å². The topological polar surface area (TPSA) is 91.0 Å². The standard InChI is InChI=1S/C31H32FN5O3/c1-4-21-16-27(29(38)36-13-11-20-7-5-6-8-23(20)19(36)2)33-28-17-26(34-37(21)28)24-10-9-22(15-25(24)32)35-14-12-31(3,18-35)30(39)40/h5-10,15-17,19H,4,11-14,18H2,1-3H3,(H,39,40). The third-order valence-electron chi connectivity index (χ3n) is 8.52. The average Bonchev–Trinajstić information content (AvgIpc) is 3.57. The number of carbonyl (C=O) groups excluding carboxylic acids is 1. The van der Waals surface area contributed by atoms with Crippen molar-refractivity contribution in [1.29, 1.82) is 0 Å². The van der Waals surface area contributed by atoms with Gasteiger partial charge in [0.2, 0.25) is 0 Å². The van der Waals surface area contributed by atoms with Gasteiger partial charge in [0.25, 0.3) is 5.91 Å². The second-order valence-electron chi connectivity index (χ2n) is 11.1. The van der Waals surface area contributed by atoms with E-state index in [0.29, 0.717) is 60.8 Å². The molecule has 0 saturated carbocycles. The number of hydrogen-bond acceptors (Lipinski definition) is 5. The Hall–Kier alpha value is -4.27. The molecule has 4 aromatic rings. The first-order chi connectivity index (χ1) is 19.2. The van der Waals surface area contributed by atoms with Crippen molar-refractivity contribution in [3.63, 3.8) is 0 Å². The maximum absolute atomic E-state index is 15.4. The molecule has 2 unspecified atom stereocenters. The number of fused-ring (bicyclic) bond motifs is 2. The van der Waals surface area contributed by atoms with Crippen LogP contribution >= 0.6 is 0 Å². The van der Waals surface area contributed by atoms with Gasteiger partial charge in [-0.1, -0.05) is 31.2 Å². The lowest BCUT2D eigenvalue weighted by atomic mass is 9.90. The molecule has 2 aromatic heterocycles. The number of aromatic nitrogens is 3. The molecule has 0 aliphatic carbocycles. The summed E-state index contributed by atoms with van der Waals surface area (Å²) in [7, 11) is 0. The van der Waals surface area contributed by atoms with Gasteiger partial charge in [0, 0.05) is 42.6 Å². The Bertz CT molecular complexity index is 1650. The Morgan fingerprint density at radius 1 is 1.12 bits per heavy atom. The number of benzene rings is 2. The maximum atomic E-state index is 15.4. The van der Waals surface area contributed by atoms with Crippen LogP contribution in [0, 0.1) is 11.2 Å². The summed E-state index contributed by atoms with van der Waals surface area (Å²) in [5.41, 5.74) is 4.63. The highest BCUT2D eigenvalue weighted by Gasteiger charge is 2.40. The molecule has 0 radical (unpaired) electrons.